The highest BCUT2D eigenvalue weighted by atomic mass is 16.5. The van der Waals surface area contributed by atoms with Crippen LogP contribution in [0.15, 0.2) is 85.2 Å². The maximum atomic E-state index is 5.92. The number of nitrogens with one attached hydrogen (secondary N) is 1. The number of hydrogen-bond acceptors (Lipinski definition) is 6. The van der Waals surface area contributed by atoms with E-state index >= 15 is 0 Å². The third-order valence-electron chi connectivity index (χ3n) is 6.48. The Bertz CT molecular complexity index is 1490. The summed E-state index contributed by atoms with van der Waals surface area (Å²) in [6, 6.07) is 26.5. The van der Waals surface area contributed by atoms with Crippen LogP contribution < -0.4 is 15.0 Å². The first-order valence-corrected chi connectivity index (χ1v) is 12.3. The smallest absolute Gasteiger partial charge is 0.208 e. The summed E-state index contributed by atoms with van der Waals surface area (Å²) in [5.41, 5.74) is 5.28. The van der Waals surface area contributed by atoms with Crippen molar-refractivity contribution < 1.29 is 4.74 Å². The van der Waals surface area contributed by atoms with Gasteiger partial charge in [0.1, 0.15) is 17.8 Å². The van der Waals surface area contributed by atoms with Crippen molar-refractivity contribution in [1.29, 1.82) is 0 Å². The molecule has 0 bridgehead atoms. The third-order valence-corrected chi connectivity index (χ3v) is 6.48. The van der Waals surface area contributed by atoms with E-state index in [1.165, 1.54) is 11.1 Å². The van der Waals surface area contributed by atoms with Crippen LogP contribution in [0.2, 0.25) is 0 Å². The fourth-order valence-corrected chi connectivity index (χ4v) is 4.72. The molecule has 0 radical (unpaired) electrons. The number of benzene rings is 3. The van der Waals surface area contributed by atoms with Crippen molar-refractivity contribution in [3.63, 3.8) is 0 Å². The molecule has 1 N–H and O–H groups in total. The van der Waals surface area contributed by atoms with Gasteiger partial charge in [-0.05, 0) is 67.8 Å². The summed E-state index contributed by atoms with van der Waals surface area (Å²) in [7, 11) is 0. The van der Waals surface area contributed by atoms with E-state index in [4.69, 9.17) is 9.72 Å². The predicted molar refractivity (Wildman–Crippen MR) is 143 cm³/mol. The van der Waals surface area contributed by atoms with Gasteiger partial charge in [0.25, 0.3) is 0 Å². The zero-order valence-corrected chi connectivity index (χ0v) is 20.4. The van der Waals surface area contributed by atoms with Crippen molar-refractivity contribution in [2.24, 2.45) is 0 Å². The van der Waals surface area contributed by atoms with Gasteiger partial charge >= 0.3 is 0 Å². The van der Waals surface area contributed by atoms with E-state index in [2.05, 4.69) is 62.9 Å². The normalized spacial score (nSPS) is 13.1. The van der Waals surface area contributed by atoms with Gasteiger partial charge in [-0.2, -0.15) is 0 Å². The molecule has 5 aromatic rings. The number of imidazole rings is 1. The van der Waals surface area contributed by atoms with Crippen LogP contribution in [0, 0.1) is 0 Å². The van der Waals surface area contributed by atoms with Crippen LogP contribution >= 0.6 is 0 Å². The molecule has 0 unspecified atom stereocenters. The molecule has 6 rings (SSSR count). The van der Waals surface area contributed by atoms with Crippen LogP contribution in [0.1, 0.15) is 31.0 Å². The fourth-order valence-electron chi connectivity index (χ4n) is 4.72. The molecule has 1 aliphatic heterocycles. The molecule has 2 aromatic heterocycles. The number of anilines is 3. The molecule has 7 nitrogen and oxygen atoms in total. The molecule has 180 valence electrons. The van der Waals surface area contributed by atoms with Crippen molar-refractivity contribution in [3.8, 4) is 11.5 Å². The Morgan fingerprint density at radius 3 is 2.33 bits per heavy atom. The molecule has 0 aliphatic carbocycles. The monoisotopic (exact) mass is 476 g/mol. The average molecular weight is 477 g/mol. The number of aromatic nitrogens is 4. The van der Waals surface area contributed by atoms with Gasteiger partial charge in [0.2, 0.25) is 5.95 Å². The van der Waals surface area contributed by atoms with E-state index in [-0.39, 0.29) is 6.04 Å². The molecule has 36 heavy (non-hydrogen) atoms. The first-order chi connectivity index (χ1) is 17.7. The van der Waals surface area contributed by atoms with Gasteiger partial charge in [-0.15, -0.1) is 0 Å². The molecule has 7 heteroatoms. The van der Waals surface area contributed by atoms with Crippen LogP contribution in [0.3, 0.4) is 0 Å². The molecule has 0 amide bonds. The van der Waals surface area contributed by atoms with Crippen molar-refractivity contribution >= 4 is 28.6 Å². The number of rotatable bonds is 6. The lowest BCUT2D eigenvalue weighted by Crippen LogP contribution is -2.32. The average Bonchev–Trinajstić information content (AvgIpc) is 3.31. The van der Waals surface area contributed by atoms with E-state index in [0.29, 0.717) is 5.82 Å². The summed E-state index contributed by atoms with van der Waals surface area (Å²) in [6.45, 7) is 6.10. The lowest BCUT2D eigenvalue weighted by Gasteiger charge is -2.30. The first-order valence-electron chi connectivity index (χ1n) is 12.3. The van der Waals surface area contributed by atoms with Gasteiger partial charge in [0.15, 0.2) is 17.0 Å². The lowest BCUT2D eigenvalue weighted by atomic mass is 10.0. The molecular weight excluding hydrogens is 448 g/mol. The highest BCUT2D eigenvalue weighted by Gasteiger charge is 2.25. The number of para-hydroxylation sites is 1. The minimum Gasteiger partial charge on any atom is -0.457 e. The second-order valence-electron chi connectivity index (χ2n) is 9.27. The first kappa shape index (κ1) is 22.1. The molecule has 0 spiro atoms. The molecule has 1 aliphatic rings. The highest BCUT2D eigenvalue weighted by molar-refractivity contribution is 5.87. The highest BCUT2D eigenvalue weighted by Crippen LogP contribution is 2.33. The van der Waals surface area contributed by atoms with Crippen LogP contribution in [0.4, 0.5) is 17.5 Å². The lowest BCUT2D eigenvalue weighted by molar-refractivity contribution is 0.483. The molecule has 0 fully saturated rings. The Kier molecular flexibility index (Phi) is 5.73. The Labute approximate surface area is 210 Å². The van der Waals surface area contributed by atoms with E-state index in [9.17, 15) is 0 Å². The predicted octanol–water partition coefficient (Wildman–Crippen LogP) is 6.51. The van der Waals surface area contributed by atoms with Gasteiger partial charge in [0, 0.05) is 24.8 Å². The number of fused-ring (bicyclic) bond motifs is 2. The van der Waals surface area contributed by atoms with E-state index in [1.54, 1.807) is 6.33 Å². The summed E-state index contributed by atoms with van der Waals surface area (Å²) in [4.78, 5) is 16.6. The number of nitrogens with zero attached hydrogens (tertiary/aromatic N) is 5. The number of ether oxygens (including phenoxy) is 1. The zero-order chi connectivity index (χ0) is 24.5. The molecule has 0 saturated carbocycles. The van der Waals surface area contributed by atoms with E-state index < -0.39 is 0 Å². The SMILES string of the molecule is CC(C)n1c(N2CCc3ccccc3C2)nc2c(Nc3ccc(Oc4ccccc4)cc3)ncnc21. The third kappa shape index (κ3) is 4.24. The van der Waals surface area contributed by atoms with Gasteiger partial charge in [0.05, 0.1) is 0 Å². The van der Waals surface area contributed by atoms with Crippen molar-refractivity contribution in [2.45, 2.75) is 32.9 Å². The Morgan fingerprint density at radius 1 is 0.833 bits per heavy atom. The van der Waals surface area contributed by atoms with Crippen LogP contribution in [0.5, 0.6) is 11.5 Å². The van der Waals surface area contributed by atoms with Gasteiger partial charge < -0.3 is 15.0 Å². The summed E-state index contributed by atoms with van der Waals surface area (Å²) < 4.78 is 8.13. The van der Waals surface area contributed by atoms with Gasteiger partial charge in [-0.25, -0.2) is 15.0 Å². The summed E-state index contributed by atoms with van der Waals surface area (Å²) in [6.07, 6.45) is 2.61. The summed E-state index contributed by atoms with van der Waals surface area (Å²) in [5, 5.41) is 3.44. The Hall–Kier alpha value is -4.39. The molecular formula is C29H28N6O. The molecule has 0 saturated heterocycles. The summed E-state index contributed by atoms with van der Waals surface area (Å²) in [5.74, 6) is 3.21. The maximum absolute atomic E-state index is 5.92. The molecule has 3 heterocycles. The Balaban J connectivity index is 1.30. The van der Waals surface area contributed by atoms with Gasteiger partial charge in [-0.1, -0.05) is 42.5 Å². The Morgan fingerprint density at radius 2 is 1.56 bits per heavy atom. The van der Waals surface area contributed by atoms with Crippen molar-refractivity contribution in [3.05, 3.63) is 96.3 Å². The largest absolute Gasteiger partial charge is 0.457 e. The second kappa shape index (κ2) is 9.34. The van der Waals surface area contributed by atoms with Crippen LogP contribution in [-0.2, 0) is 13.0 Å². The topological polar surface area (TPSA) is 68.1 Å². The van der Waals surface area contributed by atoms with E-state index in [1.807, 2.05) is 54.6 Å². The minimum absolute atomic E-state index is 0.208. The standard InChI is InChI=1S/C29H28N6O/c1-20(2)35-28-26(33-29(35)34-17-16-21-8-6-7-9-22(21)18-34)27(30-19-31-28)32-23-12-14-25(15-13-23)36-24-10-4-3-5-11-24/h3-15,19-20H,16-18H2,1-2H3,(H,30,31,32). The zero-order valence-electron chi connectivity index (χ0n) is 20.4. The van der Waals surface area contributed by atoms with Gasteiger partial charge in [-0.3, -0.25) is 4.57 Å². The van der Waals surface area contributed by atoms with Crippen LogP contribution in [0.25, 0.3) is 11.2 Å². The minimum atomic E-state index is 0.208. The molecule has 3 aromatic carbocycles. The fraction of sp³-hybridized carbons (Fsp3) is 0.207. The second-order valence-corrected chi connectivity index (χ2v) is 9.27. The van der Waals surface area contributed by atoms with E-state index in [0.717, 1.165) is 53.8 Å². The maximum Gasteiger partial charge on any atom is 0.208 e. The molecule has 0 atom stereocenters. The summed E-state index contributed by atoms with van der Waals surface area (Å²) >= 11 is 0. The van der Waals surface area contributed by atoms with Crippen molar-refractivity contribution in [2.75, 3.05) is 16.8 Å². The number of hydrogen-bond donors (Lipinski definition) is 1. The quantitative estimate of drug-likeness (QED) is 0.301. The van der Waals surface area contributed by atoms with Crippen molar-refractivity contribution in [1.82, 2.24) is 19.5 Å². The van der Waals surface area contributed by atoms with Crippen LogP contribution in [-0.4, -0.2) is 26.1 Å².